The van der Waals surface area contributed by atoms with E-state index in [-0.39, 0.29) is 6.61 Å². The molecule has 0 saturated heterocycles. The SMILES string of the molecule is OCCCCCCn1cc(CCNC2C(O)C(O)C(O)C(O)C2O)nn1. The van der Waals surface area contributed by atoms with Crippen LogP contribution in [0, 0.1) is 0 Å². The summed E-state index contributed by atoms with van der Waals surface area (Å²) in [5.41, 5.74) is 0.744. The summed E-state index contributed by atoms with van der Waals surface area (Å²) in [5.74, 6) is 0. The highest BCUT2D eigenvalue weighted by molar-refractivity contribution is 5.02. The molecule has 1 aliphatic carbocycles. The topological polar surface area (TPSA) is 164 Å². The van der Waals surface area contributed by atoms with E-state index in [0.29, 0.717) is 13.0 Å². The van der Waals surface area contributed by atoms with E-state index >= 15 is 0 Å². The van der Waals surface area contributed by atoms with Gasteiger partial charge in [-0.2, -0.15) is 0 Å². The molecule has 2 rings (SSSR count). The normalized spacial score (nSPS) is 32.1. The number of nitrogens with zero attached hydrogens (tertiary/aromatic N) is 3. The fourth-order valence-corrected chi connectivity index (χ4v) is 3.14. The predicted octanol–water partition coefficient (Wildman–Crippen LogP) is -2.85. The fourth-order valence-electron chi connectivity index (χ4n) is 3.14. The molecular formula is C16H30N4O6. The van der Waals surface area contributed by atoms with Crippen LogP contribution in [0.1, 0.15) is 31.4 Å². The molecule has 4 atom stereocenters. The highest BCUT2D eigenvalue weighted by Crippen LogP contribution is 2.21. The molecule has 0 aliphatic heterocycles. The van der Waals surface area contributed by atoms with E-state index in [0.717, 1.165) is 37.9 Å². The molecule has 10 heteroatoms. The molecule has 1 aliphatic rings. The van der Waals surface area contributed by atoms with Gasteiger partial charge < -0.3 is 36.0 Å². The molecule has 1 fully saturated rings. The summed E-state index contributed by atoms with van der Waals surface area (Å²) >= 11 is 0. The summed E-state index contributed by atoms with van der Waals surface area (Å²) < 4.78 is 1.75. The average molecular weight is 374 g/mol. The molecule has 1 heterocycles. The predicted molar refractivity (Wildman–Crippen MR) is 91.1 cm³/mol. The first-order valence-corrected chi connectivity index (χ1v) is 9.09. The quantitative estimate of drug-likeness (QED) is 0.214. The summed E-state index contributed by atoms with van der Waals surface area (Å²) in [7, 11) is 0. The Morgan fingerprint density at radius 1 is 0.885 bits per heavy atom. The Kier molecular flexibility index (Phi) is 8.35. The van der Waals surface area contributed by atoms with Crippen LogP contribution >= 0.6 is 0 Å². The molecule has 7 N–H and O–H groups in total. The first-order valence-electron chi connectivity index (χ1n) is 9.09. The van der Waals surface area contributed by atoms with Crippen molar-refractivity contribution in [3.63, 3.8) is 0 Å². The molecular weight excluding hydrogens is 344 g/mol. The van der Waals surface area contributed by atoms with Gasteiger partial charge in [-0.25, -0.2) is 0 Å². The minimum Gasteiger partial charge on any atom is -0.396 e. The minimum absolute atomic E-state index is 0.220. The summed E-state index contributed by atoms with van der Waals surface area (Å²) in [6.45, 7) is 1.32. The van der Waals surface area contributed by atoms with Crippen LogP contribution in [0.25, 0.3) is 0 Å². The van der Waals surface area contributed by atoms with E-state index < -0.39 is 36.6 Å². The van der Waals surface area contributed by atoms with Crippen LogP contribution in [-0.4, -0.2) is 95.3 Å². The average Bonchev–Trinajstić information content (AvgIpc) is 3.09. The van der Waals surface area contributed by atoms with Crippen molar-refractivity contribution in [3.8, 4) is 0 Å². The molecule has 0 amide bonds. The van der Waals surface area contributed by atoms with Crippen LogP contribution in [0.5, 0.6) is 0 Å². The number of aryl methyl sites for hydroxylation is 1. The van der Waals surface area contributed by atoms with Crippen LogP contribution in [0.15, 0.2) is 6.20 Å². The highest BCUT2D eigenvalue weighted by Gasteiger charge is 2.47. The Hall–Kier alpha value is -1.14. The maximum atomic E-state index is 9.96. The van der Waals surface area contributed by atoms with Crippen LogP contribution in [0.2, 0.25) is 0 Å². The lowest BCUT2D eigenvalue weighted by atomic mass is 9.83. The largest absolute Gasteiger partial charge is 0.396 e. The van der Waals surface area contributed by atoms with Gasteiger partial charge in [0.25, 0.3) is 0 Å². The van der Waals surface area contributed by atoms with E-state index in [9.17, 15) is 25.5 Å². The molecule has 0 radical (unpaired) electrons. The van der Waals surface area contributed by atoms with Gasteiger partial charge in [0, 0.05) is 32.3 Å². The Morgan fingerprint density at radius 3 is 2.15 bits per heavy atom. The summed E-state index contributed by atoms with van der Waals surface area (Å²) in [4.78, 5) is 0. The number of hydrogen-bond acceptors (Lipinski definition) is 9. The number of unbranched alkanes of at least 4 members (excludes halogenated alkanes) is 3. The summed E-state index contributed by atoms with van der Waals surface area (Å²) in [6.07, 6.45) is -1.33. The first kappa shape index (κ1) is 21.2. The monoisotopic (exact) mass is 374 g/mol. The molecule has 0 bridgehead atoms. The van der Waals surface area contributed by atoms with Crippen molar-refractivity contribution in [1.82, 2.24) is 20.3 Å². The minimum atomic E-state index is -1.59. The summed E-state index contributed by atoms with van der Waals surface area (Å²) in [5, 5.41) is 68.6. The second-order valence-corrected chi connectivity index (χ2v) is 6.79. The number of aliphatic hydroxyl groups excluding tert-OH is 6. The molecule has 0 aromatic carbocycles. The van der Waals surface area contributed by atoms with Gasteiger partial charge in [-0.15, -0.1) is 5.10 Å². The second kappa shape index (κ2) is 10.3. The third-order valence-electron chi connectivity index (χ3n) is 4.78. The van der Waals surface area contributed by atoms with Crippen molar-refractivity contribution in [2.75, 3.05) is 13.2 Å². The standard InChI is InChI=1S/C16H30N4O6/c21-8-4-2-1-3-7-20-9-10(18-19-20)5-6-17-11-12(22)14(24)16(26)15(25)13(11)23/h9,11-17,21-26H,1-8H2. The van der Waals surface area contributed by atoms with Gasteiger partial charge in [0.05, 0.1) is 11.7 Å². The zero-order chi connectivity index (χ0) is 19.1. The first-order chi connectivity index (χ1) is 12.5. The van der Waals surface area contributed by atoms with Crippen molar-refractivity contribution >= 4 is 0 Å². The number of nitrogens with one attached hydrogen (secondary N) is 1. The van der Waals surface area contributed by atoms with Crippen molar-refractivity contribution in [3.05, 3.63) is 11.9 Å². The third kappa shape index (κ3) is 5.43. The van der Waals surface area contributed by atoms with Gasteiger partial charge in [0.1, 0.15) is 30.5 Å². The smallest absolute Gasteiger partial charge is 0.111 e. The van der Waals surface area contributed by atoms with Crippen molar-refractivity contribution < 1.29 is 30.6 Å². The van der Waals surface area contributed by atoms with E-state index in [4.69, 9.17) is 5.11 Å². The van der Waals surface area contributed by atoms with Crippen LogP contribution in [-0.2, 0) is 13.0 Å². The van der Waals surface area contributed by atoms with Gasteiger partial charge in [0.15, 0.2) is 0 Å². The Balaban J connectivity index is 1.74. The second-order valence-electron chi connectivity index (χ2n) is 6.79. The van der Waals surface area contributed by atoms with Gasteiger partial charge in [-0.3, -0.25) is 4.68 Å². The van der Waals surface area contributed by atoms with Crippen LogP contribution < -0.4 is 5.32 Å². The van der Waals surface area contributed by atoms with Gasteiger partial charge in [-0.1, -0.05) is 18.1 Å². The van der Waals surface area contributed by atoms with Crippen molar-refractivity contribution in [2.45, 2.75) is 75.2 Å². The van der Waals surface area contributed by atoms with E-state index in [1.807, 2.05) is 6.20 Å². The van der Waals surface area contributed by atoms with E-state index in [2.05, 4.69) is 15.6 Å². The number of aliphatic hydroxyl groups is 6. The van der Waals surface area contributed by atoms with Gasteiger partial charge in [0.2, 0.25) is 0 Å². The number of rotatable bonds is 10. The van der Waals surface area contributed by atoms with Crippen LogP contribution in [0.3, 0.4) is 0 Å². The van der Waals surface area contributed by atoms with Crippen LogP contribution in [0.4, 0.5) is 0 Å². The molecule has 150 valence electrons. The highest BCUT2D eigenvalue weighted by atomic mass is 16.4. The Labute approximate surface area is 152 Å². The molecule has 1 aromatic rings. The molecule has 1 saturated carbocycles. The van der Waals surface area contributed by atoms with Gasteiger partial charge in [-0.05, 0) is 12.8 Å². The van der Waals surface area contributed by atoms with E-state index in [1.54, 1.807) is 4.68 Å². The molecule has 0 spiro atoms. The van der Waals surface area contributed by atoms with Crippen molar-refractivity contribution in [1.29, 1.82) is 0 Å². The molecule has 26 heavy (non-hydrogen) atoms. The Bertz CT molecular complexity index is 515. The zero-order valence-corrected chi connectivity index (χ0v) is 14.7. The maximum absolute atomic E-state index is 9.96. The molecule has 4 unspecified atom stereocenters. The number of hydrogen-bond donors (Lipinski definition) is 7. The van der Waals surface area contributed by atoms with E-state index in [1.165, 1.54) is 0 Å². The Morgan fingerprint density at radius 2 is 1.50 bits per heavy atom. The fraction of sp³-hybridized carbons (Fsp3) is 0.875. The van der Waals surface area contributed by atoms with Gasteiger partial charge >= 0.3 is 0 Å². The maximum Gasteiger partial charge on any atom is 0.111 e. The molecule has 10 nitrogen and oxygen atoms in total. The molecule has 1 aromatic heterocycles. The lowest BCUT2D eigenvalue weighted by molar-refractivity contribution is -0.190. The number of aromatic nitrogens is 3. The zero-order valence-electron chi connectivity index (χ0n) is 14.7. The third-order valence-corrected chi connectivity index (χ3v) is 4.78. The summed E-state index contributed by atoms with van der Waals surface area (Å²) in [6, 6.07) is -0.954. The lowest BCUT2D eigenvalue weighted by Gasteiger charge is -2.42. The van der Waals surface area contributed by atoms with Crippen molar-refractivity contribution in [2.24, 2.45) is 0 Å². The lowest BCUT2D eigenvalue weighted by Crippen LogP contribution is -2.67.